The minimum atomic E-state index is -4.07. The first kappa shape index (κ1) is 23.9. The zero-order valence-corrected chi connectivity index (χ0v) is 20.4. The standard InChI is InChI=1S/C25H22F2N6O2S/c1-14-19(13-36(34,35)22-6-5-20(26)11-21(22)27)9-18(12-29-14)17-7-8-28-23(10-17)32-25-31-15(2)30-24(33-25)16-3-4-16/h5-12,16H,3-4,13H2,1-2H3,(H,28,30,31,32,33). The molecule has 3 heterocycles. The maximum Gasteiger partial charge on any atom is 0.231 e. The van der Waals surface area contributed by atoms with E-state index in [0.29, 0.717) is 46.4 Å². The number of hydrogen-bond donors (Lipinski definition) is 1. The second kappa shape index (κ2) is 9.30. The third kappa shape index (κ3) is 5.20. The number of halogens is 2. The van der Waals surface area contributed by atoms with E-state index in [4.69, 9.17) is 0 Å². The van der Waals surface area contributed by atoms with Gasteiger partial charge in [-0.3, -0.25) is 4.98 Å². The molecule has 8 nitrogen and oxygen atoms in total. The quantitative estimate of drug-likeness (QED) is 0.354. The molecule has 1 aromatic carbocycles. The number of rotatable bonds is 7. The summed E-state index contributed by atoms with van der Waals surface area (Å²) in [5.41, 5.74) is 2.29. The topological polar surface area (TPSA) is 111 Å². The van der Waals surface area contributed by atoms with Crippen LogP contribution >= 0.6 is 0 Å². The molecule has 1 aliphatic rings. The number of aromatic nitrogens is 5. The molecule has 1 aliphatic carbocycles. The average molecular weight is 509 g/mol. The van der Waals surface area contributed by atoms with Crippen LogP contribution in [-0.2, 0) is 15.6 Å². The lowest BCUT2D eigenvalue weighted by Gasteiger charge is -2.11. The van der Waals surface area contributed by atoms with E-state index in [-0.39, 0.29) is 0 Å². The molecule has 3 aromatic heterocycles. The molecule has 11 heteroatoms. The van der Waals surface area contributed by atoms with E-state index in [9.17, 15) is 17.2 Å². The zero-order valence-electron chi connectivity index (χ0n) is 19.5. The lowest BCUT2D eigenvalue weighted by molar-refractivity contribution is 0.548. The van der Waals surface area contributed by atoms with Crippen LogP contribution in [0.3, 0.4) is 0 Å². The van der Waals surface area contributed by atoms with Crippen LogP contribution in [0.15, 0.2) is 53.7 Å². The number of nitrogens with one attached hydrogen (secondary N) is 1. The van der Waals surface area contributed by atoms with E-state index in [1.165, 1.54) is 0 Å². The van der Waals surface area contributed by atoms with Gasteiger partial charge in [0.15, 0.2) is 9.84 Å². The molecule has 0 amide bonds. The molecule has 36 heavy (non-hydrogen) atoms. The molecule has 0 aliphatic heterocycles. The van der Waals surface area contributed by atoms with Gasteiger partial charge >= 0.3 is 0 Å². The lowest BCUT2D eigenvalue weighted by Crippen LogP contribution is -2.09. The molecule has 0 atom stereocenters. The Kier molecular flexibility index (Phi) is 6.17. The Labute approximate surface area is 206 Å². The van der Waals surface area contributed by atoms with Crippen molar-refractivity contribution in [2.75, 3.05) is 5.32 Å². The summed E-state index contributed by atoms with van der Waals surface area (Å²) in [5, 5.41) is 3.11. The van der Waals surface area contributed by atoms with Gasteiger partial charge < -0.3 is 5.32 Å². The number of anilines is 2. The average Bonchev–Trinajstić information content (AvgIpc) is 3.65. The fourth-order valence-corrected chi connectivity index (χ4v) is 5.26. The number of sulfone groups is 1. The molecule has 1 N–H and O–H groups in total. The van der Waals surface area contributed by atoms with Crippen molar-refractivity contribution in [3.63, 3.8) is 0 Å². The van der Waals surface area contributed by atoms with Crippen molar-refractivity contribution in [3.8, 4) is 11.1 Å². The van der Waals surface area contributed by atoms with E-state index in [2.05, 4.69) is 30.2 Å². The molecular weight excluding hydrogens is 486 g/mol. The van der Waals surface area contributed by atoms with Crippen LogP contribution in [0.5, 0.6) is 0 Å². The highest BCUT2D eigenvalue weighted by molar-refractivity contribution is 7.90. The van der Waals surface area contributed by atoms with Crippen molar-refractivity contribution in [1.29, 1.82) is 0 Å². The van der Waals surface area contributed by atoms with E-state index < -0.39 is 32.1 Å². The van der Waals surface area contributed by atoms with E-state index in [1.54, 1.807) is 37.5 Å². The number of aryl methyl sites for hydroxylation is 2. The van der Waals surface area contributed by atoms with Gasteiger partial charge in [0.1, 0.15) is 34.0 Å². The molecule has 4 aromatic rings. The SMILES string of the molecule is Cc1nc(Nc2cc(-c3cnc(C)c(CS(=O)(=O)c4ccc(F)cc4F)c3)ccn2)nc(C2CC2)n1. The Morgan fingerprint density at radius 2 is 1.78 bits per heavy atom. The summed E-state index contributed by atoms with van der Waals surface area (Å²) in [5.74, 6) is 0.232. The van der Waals surface area contributed by atoms with Crippen LogP contribution in [0.1, 0.15) is 41.7 Å². The predicted octanol–water partition coefficient (Wildman–Crippen LogP) is 4.82. The normalized spacial score (nSPS) is 13.6. The van der Waals surface area contributed by atoms with Gasteiger partial charge in [0.2, 0.25) is 5.95 Å². The van der Waals surface area contributed by atoms with Crippen molar-refractivity contribution >= 4 is 21.6 Å². The maximum absolute atomic E-state index is 14.2. The number of nitrogens with zero attached hydrogens (tertiary/aromatic N) is 5. The van der Waals surface area contributed by atoms with Crippen molar-refractivity contribution in [3.05, 3.63) is 83.3 Å². The monoisotopic (exact) mass is 508 g/mol. The van der Waals surface area contributed by atoms with Crippen LogP contribution in [-0.4, -0.2) is 33.3 Å². The second-order valence-corrected chi connectivity index (χ2v) is 10.7. The Morgan fingerprint density at radius 1 is 0.972 bits per heavy atom. The molecule has 5 rings (SSSR count). The van der Waals surface area contributed by atoms with Gasteiger partial charge in [-0.25, -0.2) is 27.2 Å². The van der Waals surface area contributed by atoms with Gasteiger partial charge in [0.05, 0.1) is 5.75 Å². The summed E-state index contributed by atoms with van der Waals surface area (Å²) in [4.78, 5) is 21.4. The lowest BCUT2D eigenvalue weighted by atomic mass is 10.1. The van der Waals surface area contributed by atoms with Crippen molar-refractivity contribution in [2.24, 2.45) is 0 Å². The molecule has 0 bridgehead atoms. The minimum Gasteiger partial charge on any atom is -0.309 e. The van der Waals surface area contributed by atoms with E-state index in [0.717, 1.165) is 36.4 Å². The van der Waals surface area contributed by atoms with Gasteiger partial charge in [-0.1, -0.05) is 0 Å². The molecule has 184 valence electrons. The van der Waals surface area contributed by atoms with Crippen LogP contribution < -0.4 is 5.32 Å². The molecule has 0 unspecified atom stereocenters. The molecular formula is C25H22F2N6O2S. The Morgan fingerprint density at radius 3 is 2.53 bits per heavy atom. The summed E-state index contributed by atoms with van der Waals surface area (Å²) >= 11 is 0. The smallest absolute Gasteiger partial charge is 0.231 e. The highest BCUT2D eigenvalue weighted by Crippen LogP contribution is 2.38. The third-order valence-corrected chi connectivity index (χ3v) is 7.50. The highest BCUT2D eigenvalue weighted by atomic mass is 32.2. The number of benzene rings is 1. The summed E-state index contributed by atoms with van der Waals surface area (Å²) in [6.45, 7) is 3.49. The van der Waals surface area contributed by atoms with Gasteiger partial charge in [-0.2, -0.15) is 9.97 Å². The molecule has 0 radical (unpaired) electrons. The van der Waals surface area contributed by atoms with Crippen molar-refractivity contribution in [2.45, 2.75) is 43.3 Å². The first-order valence-electron chi connectivity index (χ1n) is 11.3. The zero-order chi connectivity index (χ0) is 25.4. The first-order valence-corrected chi connectivity index (χ1v) is 12.9. The van der Waals surface area contributed by atoms with Crippen LogP contribution in [0.2, 0.25) is 0 Å². The summed E-state index contributed by atoms with van der Waals surface area (Å²) < 4.78 is 53.1. The Bertz CT molecular complexity index is 1580. The van der Waals surface area contributed by atoms with Crippen LogP contribution in [0, 0.1) is 25.5 Å². The van der Waals surface area contributed by atoms with Crippen molar-refractivity contribution < 1.29 is 17.2 Å². The van der Waals surface area contributed by atoms with Gasteiger partial charge in [-0.05, 0) is 68.1 Å². The van der Waals surface area contributed by atoms with Gasteiger partial charge in [0, 0.05) is 35.6 Å². The minimum absolute atomic E-state index is 0.378. The highest BCUT2D eigenvalue weighted by Gasteiger charge is 2.27. The summed E-state index contributed by atoms with van der Waals surface area (Å²) in [6, 6.07) is 7.65. The summed E-state index contributed by atoms with van der Waals surface area (Å²) in [6.07, 6.45) is 5.38. The molecule has 0 saturated heterocycles. The van der Waals surface area contributed by atoms with Crippen LogP contribution in [0.25, 0.3) is 11.1 Å². The van der Waals surface area contributed by atoms with Crippen LogP contribution in [0.4, 0.5) is 20.5 Å². The van der Waals surface area contributed by atoms with E-state index >= 15 is 0 Å². The number of pyridine rings is 2. The Hall–Kier alpha value is -3.86. The molecule has 1 fully saturated rings. The maximum atomic E-state index is 14.2. The fourth-order valence-electron chi connectivity index (χ4n) is 3.77. The first-order chi connectivity index (χ1) is 17.2. The third-order valence-electron chi connectivity index (χ3n) is 5.81. The van der Waals surface area contributed by atoms with Gasteiger partial charge in [-0.15, -0.1) is 0 Å². The largest absolute Gasteiger partial charge is 0.309 e. The fraction of sp³-hybridized carbons (Fsp3) is 0.240. The predicted molar refractivity (Wildman–Crippen MR) is 129 cm³/mol. The van der Waals surface area contributed by atoms with Gasteiger partial charge in [0.25, 0.3) is 0 Å². The summed E-state index contributed by atoms with van der Waals surface area (Å²) in [7, 11) is -4.07. The van der Waals surface area contributed by atoms with Crippen molar-refractivity contribution in [1.82, 2.24) is 24.9 Å². The van der Waals surface area contributed by atoms with E-state index in [1.807, 2.05) is 6.92 Å². The molecule has 0 spiro atoms. The Balaban J connectivity index is 1.42. The molecule has 1 saturated carbocycles. The second-order valence-electron chi connectivity index (χ2n) is 8.70. The number of hydrogen-bond acceptors (Lipinski definition) is 8.